The Kier molecular flexibility index (Phi) is 13.5. The summed E-state index contributed by atoms with van der Waals surface area (Å²) in [5.41, 5.74) is 0.244. The van der Waals surface area contributed by atoms with Crippen LogP contribution in [-0.2, 0) is 4.79 Å². The van der Waals surface area contributed by atoms with Crippen LogP contribution in [0.4, 0.5) is 0 Å². The fourth-order valence-corrected chi connectivity index (χ4v) is 3.32. The first kappa shape index (κ1) is 22.4. The van der Waals surface area contributed by atoms with Gasteiger partial charge in [0, 0.05) is 13.0 Å². The Balaban J connectivity index is 4.56. The maximum Gasteiger partial charge on any atom is 0.220 e. The molecule has 0 rings (SSSR count). The van der Waals surface area contributed by atoms with Gasteiger partial charge >= 0.3 is 0 Å². The third-order valence-electron chi connectivity index (χ3n) is 4.82. The van der Waals surface area contributed by atoms with Crippen LogP contribution in [0.1, 0.15) is 91.4 Å². The summed E-state index contributed by atoms with van der Waals surface area (Å²) in [6, 6.07) is 0. The number of rotatable bonds is 15. The summed E-state index contributed by atoms with van der Waals surface area (Å²) in [7, 11) is 4.15. The van der Waals surface area contributed by atoms with Crippen molar-refractivity contribution in [3.63, 3.8) is 0 Å². The Labute approximate surface area is 145 Å². The van der Waals surface area contributed by atoms with Crippen molar-refractivity contribution in [2.45, 2.75) is 91.4 Å². The molecule has 0 aromatic rings. The van der Waals surface area contributed by atoms with E-state index in [0.29, 0.717) is 0 Å². The maximum atomic E-state index is 12.5. The molecule has 0 aliphatic rings. The number of hydrogen-bond donors (Lipinski definition) is 1. The molecule has 23 heavy (non-hydrogen) atoms. The van der Waals surface area contributed by atoms with Crippen LogP contribution in [0.15, 0.2) is 0 Å². The molecule has 0 saturated heterocycles. The topological polar surface area (TPSA) is 32.3 Å². The molecule has 1 N–H and O–H groups in total. The predicted octanol–water partition coefficient (Wildman–Crippen LogP) is 5.00. The first-order chi connectivity index (χ1) is 11.0. The number of hydrogen-bond acceptors (Lipinski definition) is 2. The van der Waals surface area contributed by atoms with Crippen LogP contribution in [0, 0.1) is 5.41 Å². The number of nitrogens with one attached hydrogen (secondary N) is 1. The normalized spacial score (nSPS) is 11.9. The summed E-state index contributed by atoms with van der Waals surface area (Å²) >= 11 is 0. The molecule has 0 radical (unpaired) electrons. The van der Waals surface area contributed by atoms with Crippen molar-refractivity contribution in [1.82, 2.24) is 10.2 Å². The number of unbranched alkanes of at least 4 members (excludes halogenated alkanes) is 3. The van der Waals surface area contributed by atoms with Gasteiger partial charge in [0.2, 0.25) is 5.91 Å². The van der Waals surface area contributed by atoms with Gasteiger partial charge in [0.1, 0.15) is 0 Å². The number of carbonyl (C=O) groups excluding carboxylic acids is 1. The maximum absolute atomic E-state index is 12.5. The molecule has 0 spiro atoms. The predicted molar refractivity (Wildman–Crippen MR) is 102 cm³/mol. The van der Waals surface area contributed by atoms with Crippen molar-refractivity contribution < 1.29 is 4.79 Å². The van der Waals surface area contributed by atoms with Crippen LogP contribution in [0.2, 0.25) is 0 Å². The zero-order valence-electron chi connectivity index (χ0n) is 16.5. The van der Waals surface area contributed by atoms with E-state index in [9.17, 15) is 4.79 Å². The molecule has 0 bridgehead atoms. The number of carbonyl (C=O) groups is 1. The molecule has 1 amide bonds. The highest BCUT2D eigenvalue weighted by Crippen LogP contribution is 2.39. The first-order valence-electron chi connectivity index (χ1n) is 9.91. The minimum Gasteiger partial charge on any atom is -0.356 e. The average molecular weight is 327 g/mol. The van der Waals surface area contributed by atoms with Crippen molar-refractivity contribution in [2.75, 3.05) is 27.2 Å². The summed E-state index contributed by atoms with van der Waals surface area (Å²) in [6.45, 7) is 8.61. The van der Waals surface area contributed by atoms with Gasteiger partial charge in [-0.3, -0.25) is 4.79 Å². The lowest BCUT2D eigenvalue weighted by Crippen LogP contribution is -2.33. The molecular formula is C20H42N2O. The largest absolute Gasteiger partial charge is 0.356 e. The van der Waals surface area contributed by atoms with Gasteiger partial charge in [-0.05, 0) is 51.7 Å². The van der Waals surface area contributed by atoms with E-state index >= 15 is 0 Å². The van der Waals surface area contributed by atoms with Gasteiger partial charge < -0.3 is 10.2 Å². The molecule has 3 heteroatoms. The van der Waals surface area contributed by atoms with Crippen molar-refractivity contribution >= 4 is 5.91 Å². The van der Waals surface area contributed by atoms with Crippen molar-refractivity contribution in [3.8, 4) is 0 Å². The second-order valence-corrected chi connectivity index (χ2v) is 7.49. The fraction of sp³-hybridized carbons (Fsp3) is 0.950. The van der Waals surface area contributed by atoms with Crippen LogP contribution in [-0.4, -0.2) is 38.0 Å². The van der Waals surface area contributed by atoms with E-state index in [1.54, 1.807) is 0 Å². The minimum absolute atomic E-state index is 0.244. The van der Waals surface area contributed by atoms with E-state index in [1.807, 2.05) is 0 Å². The fourth-order valence-electron chi connectivity index (χ4n) is 3.32. The molecule has 0 fully saturated rings. The van der Waals surface area contributed by atoms with Gasteiger partial charge in [-0.2, -0.15) is 0 Å². The van der Waals surface area contributed by atoms with Gasteiger partial charge in [-0.25, -0.2) is 0 Å². The third kappa shape index (κ3) is 11.6. The summed E-state index contributed by atoms with van der Waals surface area (Å²) in [4.78, 5) is 14.6. The smallest absolute Gasteiger partial charge is 0.220 e. The molecule has 3 nitrogen and oxygen atoms in total. The number of amides is 1. The lowest BCUT2D eigenvalue weighted by atomic mass is 9.72. The minimum atomic E-state index is 0.244. The summed E-state index contributed by atoms with van der Waals surface area (Å²) < 4.78 is 0. The quantitative estimate of drug-likeness (QED) is 0.429. The molecule has 0 aromatic heterocycles. The molecule has 0 aliphatic carbocycles. The van der Waals surface area contributed by atoms with E-state index in [2.05, 4.69) is 45.1 Å². The van der Waals surface area contributed by atoms with E-state index in [1.165, 1.54) is 57.8 Å². The van der Waals surface area contributed by atoms with Gasteiger partial charge in [-0.15, -0.1) is 0 Å². The second kappa shape index (κ2) is 13.8. The highest BCUT2D eigenvalue weighted by Gasteiger charge is 2.30. The van der Waals surface area contributed by atoms with Crippen molar-refractivity contribution in [2.24, 2.45) is 5.41 Å². The molecule has 138 valence electrons. The standard InChI is InChI=1S/C20H42N2O/c1-6-9-13-20(14-10-7-2,15-11-8-3)18-19(23)21-16-12-17-22(4)5/h6-18H2,1-5H3,(H,21,23). The van der Waals surface area contributed by atoms with E-state index in [0.717, 1.165) is 25.9 Å². The third-order valence-corrected chi connectivity index (χ3v) is 4.82. The second-order valence-electron chi connectivity index (χ2n) is 7.49. The SMILES string of the molecule is CCCCC(CCCC)(CCCC)CC(=O)NCCCN(C)C. The van der Waals surface area contributed by atoms with Crippen LogP contribution in [0.3, 0.4) is 0 Å². The van der Waals surface area contributed by atoms with Crippen molar-refractivity contribution in [1.29, 1.82) is 0 Å². The van der Waals surface area contributed by atoms with Gasteiger partial charge in [0.05, 0.1) is 0 Å². The van der Waals surface area contributed by atoms with E-state index in [-0.39, 0.29) is 11.3 Å². The average Bonchev–Trinajstić information content (AvgIpc) is 2.52. The zero-order valence-corrected chi connectivity index (χ0v) is 16.5. The van der Waals surface area contributed by atoms with Crippen LogP contribution >= 0.6 is 0 Å². The molecule has 0 heterocycles. The number of nitrogens with zero attached hydrogens (tertiary/aromatic N) is 1. The van der Waals surface area contributed by atoms with Gasteiger partial charge in [0.25, 0.3) is 0 Å². The Hall–Kier alpha value is -0.570. The van der Waals surface area contributed by atoms with Crippen LogP contribution < -0.4 is 5.32 Å². The van der Waals surface area contributed by atoms with Gasteiger partial charge in [-0.1, -0.05) is 59.3 Å². The highest BCUT2D eigenvalue weighted by molar-refractivity contribution is 5.76. The highest BCUT2D eigenvalue weighted by atomic mass is 16.1. The Morgan fingerprint density at radius 3 is 1.74 bits per heavy atom. The first-order valence-corrected chi connectivity index (χ1v) is 9.91. The molecule has 0 atom stereocenters. The Bertz CT molecular complexity index is 268. The van der Waals surface area contributed by atoms with Crippen LogP contribution in [0.5, 0.6) is 0 Å². The Morgan fingerprint density at radius 1 is 0.870 bits per heavy atom. The van der Waals surface area contributed by atoms with E-state index < -0.39 is 0 Å². The summed E-state index contributed by atoms with van der Waals surface area (Å²) in [5, 5.41) is 3.16. The monoisotopic (exact) mass is 326 g/mol. The molecule has 0 aromatic carbocycles. The lowest BCUT2D eigenvalue weighted by Gasteiger charge is -2.34. The van der Waals surface area contributed by atoms with E-state index in [4.69, 9.17) is 0 Å². The molecule has 0 unspecified atom stereocenters. The molecule has 0 aliphatic heterocycles. The lowest BCUT2D eigenvalue weighted by molar-refractivity contribution is -0.124. The summed E-state index contributed by atoms with van der Waals surface area (Å²) in [6.07, 6.45) is 12.8. The molecular weight excluding hydrogens is 284 g/mol. The van der Waals surface area contributed by atoms with Crippen LogP contribution in [0.25, 0.3) is 0 Å². The Morgan fingerprint density at radius 2 is 1.35 bits per heavy atom. The van der Waals surface area contributed by atoms with Crippen molar-refractivity contribution in [3.05, 3.63) is 0 Å². The zero-order chi connectivity index (χ0) is 17.6. The molecule has 0 saturated carbocycles. The van der Waals surface area contributed by atoms with Gasteiger partial charge in [0.15, 0.2) is 0 Å². The summed E-state index contributed by atoms with van der Waals surface area (Å²) in [5.74, 6) is 0.270.